The van der Waals surface area contributed by atoms with E-state index in [1.807, 2.05) is 37.3 Å². The fraction of sp³-hybridized carbons (Fsp3) is 0.448. The number of hydrogen-bond donors (Lipinski definition) is 0. The Morgan fingerprint density at radius 2 is 1.65 bits per heavy atom. The van der Waals surface area contributed by atoms with Gasteiger partial charge in [0, 0.05) is 5.56 Å². The second-order valence-electron chi connectivity index (χ2n) is 10.9. The molecule has 176 valence electrons. The summed E-state index contributed by atoms with van der Waals surface area (Å²) in [7, 11) is 1.67. The van der Waals surface area contributed by atoms with Gasteiger partial charge in [-0.15, -0.1) is 0 Å². The molecule has 1 heterocycles. The van der Waals surface area contributed by atoms with Crippen molar-refractivity contribution in [1.82, 2.24) is 4.90 Å². The van der Waals surface area contributed by atoms with Crippen molar-refractivity contribution in [2.75, 3.05) is 7.11 Å². The van der Waals surface area contributed by atoms with Crippen LogP contribution in [0.25, 0.3) is 6.08 Å². The Bertz CT molecular complexity index is 1150. The number of thioether (sulfide) groups is 1. The van der Waals surface area contributed by atoms with Crippen LogP contribution in [0.2, 0.25) is 0 Å². The second-order valence-corrected chi connectivity index (χ2v) is 11.9. The van der Waals surface area contributed by atoms with Gasteiger partial charge in [-0.05, 0) is 110 Å². The molecule has 0 N–H and O–H groups in total. The number of imide groups is 1. The summed E-state index contributed by atoms with van der Waals surface area (Å²) < 4.78 is 5.66. The lowest BCUT2D eigenvalue weighted by molar-refractivity contribution is -0.123. The molecule has 2 amide bonds. The molecule has 0 unspecified atom stereocenters. The molecule has 4 nitrogen and oxygen atoms in total. The van der Waals surface area contributed by atoms with Crippen LogP contribution in [0.3, 0.4) is 0 Å². The predicted molar refractivity (Wildman–Crippen MR) is 136 cm³/mol. The number of nitrogens with zero attached hydrogens (tertiary/aromatic N) is 1. The summed E-state index contributed by atoms with van der Waals surface area (Å²) in [6, 6.07) is 14.5. The minimum absolute atomic E-state index is 0.215. The van der Waals surface area contributed by atoms with E-state index in [0.717, 1.165) is 52.0 Å². The summed E-state index contributed by atoms with van der Waals surface area (Å²) in [6.45, 7) is 2.32. The van der Waals surface area contributed by atoms with Crippen LogP contribution in [0.4, 0.5) is 4.79 Å². The van der Waals surface area contributed by atoms with Crippen molar-refractivity contribution in [2.24, 2.45) is 17.8 Å². The van der Waals surface area contributed by atoms with Gasteiger partial charge < -0.3 is 4.74 Å². The van der Waals surface area contributed by atoms with E-state index in [-0.39, 0.29) is 16.6 Å². The predicted octanol–water partition coefficient (Wildman–Crippen LogP) is 6.71. The quantitative estimate of drug-likeness (QED) is 0.453. The van der Waals surface area contributed by atoms with Crippen LogP contribution in [0.5, 0.6) is 5.75 Å². The van der Waals surface area contributed by atoms with Crippen molar-refractivity contribution in [3.05, 3.63) is 69.6 Å². The number of carbonyl (C=O) groups is 2. The van der Waals surface area contributed by atoms with Crippen LogP contribution >= 0.6 is 11.8 Å². The first-order valence-electron chi connectivity index (χ1n) is 12.4. The van der Waals surface area contributed by atoms with Gasteiger partial charge in [0.1, 0.15) is 5.75 Å². The maximum atomic E-state index is 13.2. The molecule has 4 aliphatic carbocycles. The van der Waals surface area contributed by atoms with Crippen molar-refractivity contribution in [3.8, 4) is 5.75 Å². The van der Waals surface area contributed by atoms with Crippen LogP contribution in [-0.4, -0.2) is 23.2 Å². The molecule has 4 bridgehead atoms. The third-order valence-electron chi connectivity index (χ3n) is 8.50. The molecule has 0 atom stereocenters. The molecule has 0 radical (unpaired) electrons. The Balaban J connectivity index is 1.30. The Kier molecular flexibility index (Phi) is 5.36. The van der Waals surface area contributed by atoms with Crippen molar-refractivity contribution in [2.45, 2.75) is 57.4 Å². The Morgan fingerprint density at radius 1 is 1.00 bits per heavy atom. The number of ether oxygens (including phenoxy) is 1. The highest BCUT2D eigenvalue weighted by atomic mass is 32.2. The van der Waals surface area contributed by atoms with E-state index in [1.165, 1.54) is 49.0 Å². The number of aryl methyl sites for hydroxylation is 1. The van der Waals surface area contributed by atoms with Gasteiger partial charge in [-0.1, -0.05) is 35.9 Å². The van der Waals surface area contributed by atoms with Crippen molar-refractivity contribution in [3.63, 3.8) is 0 Å². The normalized spacial score (nSPS) is 31.1. The molecule has 2 aromatic rings. The third kappa shape index (κ3) is 3.78. The molecule has 2 aromatic carbocycles. The average molecular weight is 474 g/mol. The molecule has 7 rings (SSSR count). The molecule has 34 heavy (non-hydrogen) atoms. The van der Waals surface area contributed by atoms with E-state index in [1.54, 1.807) is 7.11 Å². The van der Waals surface area contributed by atoms with Crippen LogP contribution in [0, 0.1) is 24.7 Å². The molecule has 5 aliphatic rings. The summed E-state index contributed by atoms with van der Waals surface area (Å²) in [5.74, 6) is 3.14. The minimum atomic E-state index is -0.224. The number of rotatable bonds is 5. The number of benzene rings is 2. The number of hydrogen-bond acceptors (Lipinski definition) is 4. The first-order chi connectivity index (χ1) is 16.4. The molecule has 5 fully saturated rings. The van der Waals surface area contributed by atoms with Gasteiger partial charge in [0.05, 0.1) is 18.6 Å². The van der Waals surface area contributed by atoms with Gasteiger partial charge in [0.25, 0.3) is 11.1 Å². The molecule has 4 saturated carbocycles. The van der Waals surface area contributed by atoms with Gasteiger partial charge in [0.2, 0.25) is 0 Å². The van der Waals surface area contributed by atoms with Gasteiger partial charge in [0.15, 0.2) is 0 Å². The van der Waals surface area contributed by atoms with Gasteiger partial charge in [-0.25, -0.2) is 0 Å². The van der Waals surface area contributed by atoms with E-state index in [4.69, 9.17) is 4.74 Å². The largest absolute Gasteiger partial charge is 0.496 e. The van der Waals surface area contributed by atoms with E-state index < -0.39 is 0 Å². The topological polar surface area (TPSA) is 46.6 Å². The van der Waals surface area contributed by atoms with Gasteiger partial charge in [-0.2, -0.15) is 0 Å². The van der Waals surface area contributed by atoms with Gasteiger partial charge in [-0.3, -0.25) is 14.5 Å². The van der Waals surface area contributed by atoms with Crippen molar-refractivity contribution in [1.29, 1.82) is 0 Å². The maximum absolute atomic E-state index is 13.2. The van der Waals surface area contributed by atoms with Crippen LogP contribution in [-0.2, 0) is 16.8 Å². The summed E-state index contributed by atoms with van der Waals surface area (Å²) in [5, 5.41) is -0.215. The van der Waals surface area contributed by atoms with Crippen molar-refractivity contribution >= 4 is 29.0 Å². The highest BCUT2D eigenvalue weighted by Gasteiger charge is 2.51. The van der Waals surface area contributed by atoms with E-state index in [2.05, 4.69) is 18.2 Å². The van der Waals surface area contributed by atoms with Crippen LogP contribution in [0.15, 0.2) is 47.4 Å². The van der Waals surface area contributed by atoms with Crippen molar-refractivity contribution < 1.29 is 14.3 Å². The van der Waals surface area contributed by atoms with Crippen LogP contribution in [0.1, 0.15) is 60.8 Å². The monoisotopic (exact) mass is 473 g/mol. The maximum Gasteiger partial charge on any atom is 0.293 e. The molecule has 5 heteroatoms. The SMILES string of the molecule is COc1ccc(C23CC4CC(CC(C4)C2)C3)cc1/C=C1\SC(=O)N(Cc2ccc(C)cc2)C1=O. The van der Waals surface area contributed by atoms with E-state index in [0.29, 0.717) is 11.4 Å². The zero-order valence-corrected chi connectivity index (χ0v) is 20.7. The number of amides is 2. The number of carbonyl (C=O) groups excluding carboxylic acids is 2. The Hall–Kier alpha value is -2.53. The lowest BCUT2D eigenvalue weighted by Gasteiger charge is -2.57. The molecule has 0 spiro atoms. The summed E-state index contributed by atoms with van der Waals surface area (Å²) in [6.07, 6.45) is 9.97. The molecule has 1 aliphatic heterocycles. The Morgan fingerprint density at radius 3 is 2.26 bits per heavy atom. The third-order valence-corrected chi connectivity index (χ3v) is 9.41. The summed E-state index contributed by atoms with van der Waals surface area (Å²) in [5.41, 5.74) is 4.67. The van der Waals surface area contributed by atoms with Crippen LogP contribution < -0.4 is 4.74 Å². The zero-order valence-electron chi connectivity index (χ0n) is 19.9. The Labute approximate surface area is 205 Å². The summed E-state index contributed by atoms with van der Waals surface area (Å²) >= 11 is 1.03. The fourth-order valence-corrected chi connectivity index (χ4v) is 8.12. The lowest BCUT2D eigenvalue weighted by Crippen LogP contribution is -2.48. The highest BCUT2D eigenvalue weighted by molar-refractivity contribution is 8.18. The average Bonchev–Trinajstić information content (AvgIpc) is 3.07. The molecular formula is C29H31NO3S. The zero-order chi connectivity index (χ0) is 23.4. The molecular weight excluding hydrogens is 442 g/mol. The second kappa shape index (κ2) is 8.30. The lowest BCUT2D eigenvalue weighted by atomic mass is 9.48. The molecule has 1 saturated heterocycles. The highest BCUT2D eigenvalue weighted by Crippen LogP contribution is 2.61. The molecule has 0 aromatic heterocycles. The minimum Gasteiger partial charge on any atom is -0.496 e. The van der Waals surface area contributed by atoms with Gasteiger partial charge >= 0.3 is 0 Å². The first kappa shape index (κ1) is 22.0. The van der Waals surface area contributed by atoms with E-state index in [9.17, 15) is 9.59 Å². The fourth-order valence-electron chi connectivity index (χ4n) is 7.29. The summed E-state index contributed by atoms with van der Waals surface area (Å²) in [4.78, 5) is 27.7. The first-order valence-corrected chi connectivity index (χ1v) is 13.2. The number of methoxy groups -OCH3 is 1. The smallest absolute Gasteiger partial charge is 0.293 e. The van der Waals surface area contributed by atoms with E-state index >= 15 is 0 Å². The standard InChI is InChI=1S/C29H31NO3S/c1-18-3-5-19(6-4-18)17-30-27(31)26(34-28(30)32)13-23-12-24(7-8-25(23)33-2)29-14-20-9-21(15-29)11-22(10-20)16-29/h3-8,12-13,20-22H,9-11,14-17H2,1-2H3/b26-13-.